The molecule has 188 valence electrons. The first kappa shape index (κ1) is 25.3. The lowest BCUT2D eigenvalue weighted by molar-refractivity contribution is -0.149. The first-order valence-electron chi connectivity index (χ1n) is 11.5. The molecule has 0 N–H and O–H groups in total. The van der Waals surface area contributed by atoms with Crippen LogP contribution >= 0.6 is 11.6 Å². The lowest BCUT2D eigenvalue weighted by atomic mass is 9.98. The maximum atomic E-state index is 14.4. The predicted molar refractivity (Wildman–Crippen MR) is 130 cm³/mol. The van der Waals surface area contributed by atoms with Gasteiger partial charge in [0.25, 0.3) is 11.5 Å². The van der Waals surface area contributed by atoms with Crippen molar-refractivity contribution in [1.82, 2.24) is 19.2 Å². The van der Waals surface area contributed by atoms with Crippen molar-refractivity contribution in [1.29, 1.82) is 0 Å². The normalized spacial score (nSPS) is 15.5. The van der Waals surface area contributed by atoms with E-state index in [1.807, 2.05) is 0 Å². The number of halogens is 2. The number of rotatable bonds is 6. The SMILES string of the molecule is CCOC(=O)[C@H]1CCCN(C(=O)c2nn(-c3ccc(Cl)cc3)c(=O)n(Cc3ccccc3F)c2=O)C1. The van der Waals surface area contributed by atoms with E-state index in [0.29, 0.717) is 24.4 Å². The number of likely N-dealkylation sites (tertiary alicyclic amines) is 1. The molecule has 1 aliphatic heterocycles. The van der Waals surface area contributed by atoms with Gasteiger partial charge < -0.3 is 9.64 Å². The highest BCUT2D eigenvalue weighted by Crippen LogP contribution is 2.19. The fourth-order valence-electron chi connectivity index (χ4n) is 4.10. The van der Waals surface area contributed by atoms with Gasteiger partial charge in [0, 0.05) is 23.7 Å². The minimum atomic E-state index is -0.947. The van der Waals surface area contributed by atoms with Gasteiger partial charge in [0.15, 0.2) is 0 Å². The Bertz CT molecular complexity index is 1400. The third kappa shape index (κ3) is 5.23. The Morgan fingerprint density at radius 1 is 1.14 bits per heavy atom. The Hall–Kier alpha value is -3.79. The van der Waals surface area contributed by atoms with Gasteiger partial charge in [-0.05, 0) is 50.1 Å². The molecule has 4 rings (SSSR count). The summed E-state index contributed by atoms with van der Waals surface area (Å²) in [7, 11) is 0. The van der Waals surface area contributed by atoms with Gasteiger partial charge in [0.2, 0.25) is 5.69 Å². The number of carbonyl (C=O) groups excluding carboxylic acids is 2. The molecule has 2 heterocycles. The van der Waals surface area contributed by atoms with Crippen LogP contribution in [0.4, 0.5) is 4.39 Å². The van der Waals surface area contributed by atoms with Crippen molar-refractivity contribution in [2.75, 3.05) is 19.7 Å². The largest absolute Gasteiger partial charge is 0.466 e. The lowest BCUT2D eigenvalue weighted by Crippen LogP contribution is -2.49. The molecule has 0 saturated carbocycles. The van der Waals surface area contributed by atoms with E-state index in [9.17, 15) is 23.6 Å². The van der Waals surface area contributed by atoms with Crippen LogP contribution in [0.2, 0.25) is 5.02 Å². The van der Waals surface area contributed by atoms with Crippen LogP contribution in [0.15, 0.2) is 58.1 Å². The second kappa shape index (κ2) is 10.9. The zero-order valence-electron chi connectivity index (χ0n) is 19.5. The molecule has 1 atom stereocenters. The first-order chi connectivity index (χ1) is 17.3. The zero-order chi connectivity index (χ0) is 25.8. The van der Waals surface area contributed by atoms with Crippen LogP contribution in [0.25, 0.3) is 5.69 Å². The molecule has 1 saturated heterocycles. The van der Waals surface area contributed by atoms with Gasteiger partial charge in [-0.2, -0.15) is 9.78 Å². The molecular weight excluding hydrogens is 491 g/mol. The first-order valence-corrected chi connectivity index (χ1v) is 11.9. The van der Waals surface area contributed by atoms with E-state index in [-0.39, 0.29) is 24.4 Å². The molecule has 11 heteroatoms. The second-order valence-electron chi connectivity index (χ2n) is 8.34. The molecular formula is C25H24ClFN4O5. The molecule has 1 aliphatic rings. The van der Waals surface area contributed by atoms with E-state index in [1.165, 1.54) is 47.4 Å². The Balaban J connectivity index is 1.79. The minimum Gasteiger partial charge on any atom is -0.466 e. The molecule has 0 unspecified atom stereocenters. The highest BCUT2D eigenvalue weighted by atomic mass is 35.5. The monoisotopic (exact) mass is 514 g/mol. The number of carbonyl (C=O) groups is 2. The molecule has 0 bridgehead atoms. The number of ether oxygens (including phenoxy) is 1. The lowest BCUT2D eigenvalue weighted by Gasteiger charge is -2.31. The van der Waals surface area contributed by atoms with Crippen molar-refractivity contribution in [2.45, 2.75) is 26.3 Å². The Morgan fingerprint density at radius 3 is 2.56 bits per heavy atom. The van der Waals surface area contributed by atoms with E-state index < -0.39 is 47.1 Å². The number of hydrogen-bond acceptors (Lipinski definition) is 6. The third-order valence-electron chi connectivity index (χ3n) is 5.95. The van der Waals surface area contributed by atoms with Crippen LogP contribution in [0.5, 0.6) is 0 Å². The Morgan fingerprint density at radius 2 is 1.86 bits per heavy atom. The average molecular weight is 515 g/mol. The number of piperidine rings is 1. The average Bonchev–Trinajstić information content (AvgIpc) is 2.88. The van der Waals surface area contributed by atoms with Crippen molar-refractivity contribution in [3.8, 4) is 5.69 Å². The summed E-state index contributed by atoms with van der Waals surface area (Å²) in [4.78, 5) is 53.7. The number of nitrogens with zero attached hydrogens (tertiary/aromatic N) is 4. The summed E-state index contributed by atoms with van der Waals surface area (Å²) in [6.07, 6.45) is 1.09. The van der Waals surface area contributed by atoms with Crippen molar-refractivity contribution >= 4 is 23.5 Å². The van der Waals surface area contributed by atoms with E-state index in [1.54, 1.807) is 13.0 Å². The molecule has 9 nitrogen and oxygen atoms in total. The zero-order valence-corrected chi connectivity index (χ0v) is 20.3. The van der Waals surface area contributed by atoms with E-state index in [4.69, 9.17) is 16.3 Å². The summed E-state index contributed by atoms with van der Waals surface area (Å²) in [6.45, 7) is 1.89. The van der Waals surface area contributed by atoms with Gasteiger partial charge in [0.05, 0.1) is 24.8 Å². The maximum absolute atomic E-state index is 14.4. The molecule has 2 aromatic carbocycles. The molecule has 36 heavy (non-hydrogen) atoms. The summed E-state index contributed by atoms with van der Waals surface area (Å²) in [6, 6.07) is 11.8. The topological polar surface area (TPSA) is 104 Å². The molecule has 0 aliphatic carbocycles. The van der Waals surface area contributed by atoms with Gasteiger partial charge in [-0.3, -0.25) is 19.0 Å². The highest BCUT2D eigenvalue weighted by molar-refractivity contribution is 6.30. The Labute approximate surface area is 210 Å². The van der Waals surface area contributed by atoms with Crippen LogP contribution in [0.1, 0.15) is 35.8 Å². The summed E-state index contributed by atoms with van der Waals surface area (Å²) in [5.74, 6) is -2.25. The number of benzene rings is 2. The van der Waals surface area contributed by atoms with Crippen molar-refractivity contribution in [2.24, 2.45) is 5.92 Å². The summed E-state index contributed by atoms with van der Waals surface area (Å²) >= 11 is 5.96. The molecule has 1 amide bonds. The standard InChI is InChI=1S/C25H24ClFN4O5/c1-2-36-24(34)17-7-5-13-29(14-17)22(32)21-23(33)30(15-16-6-3-4-8-20(16)27)25(35)31(28-21)19-11-9-18(26)10-12-19/h3-4,6,8-12,17H,2,5,7,13-15H2,1H3/t17-/m0/s1. The van der Waals surface area contributed by atoms with Crippen LogP contribution in [-0.2, 0) is 16.1 Å². The van der Waals surface area contributed by atoms with Gasteiger partial charge >= 0.3 is 11.7 Å². The molecule has 0 radical (unpaired) electrons. The number of amides is 1. The van der Waals surface area contributed by atoms with Crippen LogP contribution < -0.4 is 11.2 Å². The van der Waals surface area contributed by atoms with Gasteiger partial charge in [-0.15, -0.1) is 0 Å². The van der Waals surface area contributed by atoms with Gasteiger partial charge in [-0.25, -0.2) is 9.18 Å². The number of esters is 1. The highest BCUT2D eigenvalue weighted by Gasteiger charge is 2.32. The quantitative estimate of drug-likeness (QED) is 0.468. The summed E-state index contributed by atoms with van der Waals surface area (Å²) in [5, 5.41) is 4.52. The van der Waals surface area contributed by atoms with Crippen molar-refractivity contribution < 1.29 is 18.7 Å². The molecule has 1 aromatic heterocycles. The minimum absolute atomic E-state index is 0.0617. The van der Waals surface area contributed by atoms with Gasteiger partial charge in [-0.1, -0.05) is 29.8 Å². The van der Waals surface area contributed by atoms with E-state index >= 15 is 0 Å². The molecule has 1 fully saturated rings. The fourth-order valence-corrected chi connectivity index (χ4v) is 4.23. The summed E-state index contributed by atoms with van der Waals surface area (Å²) < 4.78 is 21.1. The smallest absolute Gasteiger partial charge is 0.352 e. The third-order valence-corrected chi connectivity index (χ3v) is 6.20. The van der Waals surface area contributed by atoms with Crippen molar-refractivity contribution in [3.63, 3.8) is 0 Å². The van der Waals surface area contributed by atoms with Crippen molar-refractivity contribution in [3.05, 3.63) is 91.5 Å². The second-order valence-corrected chi connectivity index (χ2v) is 8.78. The maximum Gasteiger partial charge on any atom is 0.352 e. The molecule has 3 aromatic rings. The number of aromatic nitrogens is 3. The summed E-state index contributed by atoms with van der Waals surface area (Å²) in [5.41, 5.74) is -1.93. The Kier molecular flexibility index (Phi) is 7.64. The van der Waals surface area contributed by atoms with E-state index in [0.717, 1.165) is 9.25 Å². The van der Waals surface area contributed by atoms with Crippen LogP contribution in [-0.4, -0.2) is 50.8 Å². The predicted octanol–water partition coefficient (Wildman–Crippen LogP) is 2.65. The van der Waals surface area contributed by atoms with Crippen LogP contribution in [0.3, 0.4) is 0 Å². The van der Waals surface area contributed by atoms with Gasteiger partial charge in [0.1, 0.15) is 5.82 Å². The molecule has 0 spiro atoms. The number of hydrogen-bond donors (Lipinski definition) is 0. The fraction of sp³-hybridized carbons (Fsp3) is 0.320. The van der Waals surface area contributed by atoms with E-state index in [2.05, 4.69) is 5.10 Å². The van der Waals surface area contributed by atoms with Crippen LogP contribution in [0, 0.1) is 11.7 Å².